The fourth-order valence-corrected chi connectivity index (χ4v) is 2.76. The van der Waals surface area contributed by atoms with Crippen LogP contribution in [0.25, 0.3) is 0 Å². The van der Waals surface area contributed by atoms with Crippen LogP contribution in [0.5, 0.6) is 0 Å². The van der Waals surface area contributed by atoms with Crippen molar-refractivity contribution in [2.45, 2.75) is 51.9 Å². The maximum absolute atomic E-state index is 11.3. The lowest BCUT2D eigenvalue weighted by atomic mass is 9.91. The first-order valence-corrected chi connectivity index (χ1v) is 7.03. The topological polar surface area (TPSA) is 66.8 Å². The minimum Gasteiger partial charge on any atom is -0.462 e. The summed E-state index contributed by atoms with van der Waals surface area (Å²) in [4.78, 5) is 11.3. The molecule has 2 aliphatic rings. The van der Waals surface area contributed by atoms with E-state index < -0.39 is 12.2 Å². The normalized spacial score (nSPS) is 34.5. The van der Waals surface area contributed by atoms with Crippen LogP contribution in [0.2, 0.25) is 0 Å². The lowest BCUT2D eigenvalue weighted by Crippen LogP contribution is -2.18. The highest BCUT2D eigenvalue weighted by molar-refractivity contribution is 5.72. The summed E-state index contributed by atoms with van der Waals surface area (Å²) >= 11 is 0. The van der Waals surface area contributed by atoms with E-state index in [1.807, 2.05) is 20.8 Å². The van der Waals surface area contributed by atoms with Gasteiger partial charge in [-0.3, -0.25) is 4.79 Å². The minimum absolute atomic E-state index is 0.0246. The first-order chi connectivity index (χ1) is 9.26. The Morgan fingerprint density at radius 3 is 2.80 bits per heavy atom. The van der Waals surface area contributed by atoms with E-state index in [1.54, 1.807) is 12.2 Å². The van der Waals surface area contributed by atoms with Crippen LogP contribution in [-0.2, 0) is 9.53 Å². The molecule has 5 atom stereocenters. The second kappa shape index (κ2) is 5.59. The Kier molecular flexibility index (Phi) is 4.22. The van der Waals surface area contributed by atoms with Crippen molar-refractivity contribution in [1.29, 1.82) is 0 Å². The Morgan fingerprint density at radius 1 is 1.45 bits per heavy atom. The predicted octanol–water partition coefficient (Wildman–Crippen LogP) is 1.27. The summed E-state index contributed by atoms with van der Waals surface area (Å²) in [5.74, 6) is 5.43. The summed E-state index contributed by atoms with van der Waals surface area (Å²) in [5.41, 5.74) is -0.154. The van der Waals surface area contributed by atoms with Crippen LogP contribution in [0, 0.1) is 29.1 Å². The van der Waals surface area contributed by atoms with Crippen LogP contribution in [0.4, 0.5) is 0 Å². The van der Waals surface area contributed by atoms with Crippen LogP contribution in [0.1, 0.15) is 33.6 Å². The zero-order valence-electron chi connectivity index (χ0n) is 12.2. The molecule has 0 bridgehead atoms. The van der Waals surface area contributed by atoms with Gasteiger partial charge in [-0.05, 0) is 26.8 Å². The molecule has 2 N–H and O–H groups in total. The molecule has 1 saturated heterocycles. The van der Waals surface area contributed by atoms with Gasteiger partial charge in [0.2, 0.25) is 0 Å². The zero-order chi connectivity index (χ0) is 14.9. The van der Waals surface area contributed by atoms with Crippen molar-refractivity contribution >= 4 is 5.97 Å². The molecule has 1 heterocycles. The minimum atomic E-state index is -0.849. The molecule has 0 aromatic heterocycles. The number of carbonyl (C=O) groups is 1. The van der Waals surface area contributed by atoms with Gasteiger partial charge in [-0.25, -0.2) is 0 Å². The van der Waals surface area contributed by atoms with Crippen molar-refractivity contribution < 1.29 is 19.7 Å². The van der Waals surface area contributed by atoms with Gasteiger partial charge in [-0.1, -0.05) is 17.9 Å². The highest BCUT2D eigenvalue weighted by atomic mass is 16.6. The predicted molar refractivity (Wildman–Crippen MR) is 74.5 cm³/mol. The van der Waals surface area contributed by atoms with Gasteiger partial charge in [-0.15, -0.1) is 0 Å². The van der Waals surface area contributed by atoms with E-state index in [9.17, 15) is 15.0 Å². The Balaban J connectivity index is 1.99. The lowest BCUT2D eigenvalue weighted by Gasteiger charge is -2.14. The molecule has 0 aromatic rings. The Morgan fingerprint density at radius 2 is 2.15 bits per heavy atom. The second-order valence-corrected chi connectivity index (χ2v) is 6.63. The van der Waals surface area contributed by atoms with Gasteiger partial charge in [-0.2, -0.15) is 0 Å². The highest BCUT2D eigenvalue weighted by Crippen LogP contribution is 2.41. The van der Waals surface area contributed by atoms with E-state index in [2.05, 4.69) is 11.8 Å². The van der Waals surface area contributed by atoms with Crippen LogP contribution in [0.15, 0.2) is 12.2 Å². The van der Waals surface area contributed by atoms with Gasteiger partial charge in [0.15, 0.2) is 0 Å². The van der Waals surface area contributed by atoms with Crippen LogP contribution < -0.4 is 0 Å². The quantitative estimate of drug-likeness (QED) is 0.453. The van der Waals surface area contributed by atoms with E-state index in [4.69, 9.17) is 4.74 Å². The second-order valence-electron chi connectivity index (χ2n) is 6.63. The van der Waals surface area contributed by atoms with Gasteiger partial charge < -0.3 is 14.9 Å². The maximum atomic E-state index is 11.3. The summed E-state index contributed by atoms with van der Waals surface area (Å²) in [7, 11) is 0. The number of aliphatic hydroxyl groups excluding tert-OH is 2. The Labute approximate surface area is 119 Å². The fourth-order valence-electron chi connectivity index (χ4n) is 2.76. The smallest absolute Gasteiger partial charge is 0.306 e. The highest BCUT2D eigenvalue weighted by Gasteiger charge is 2.48. The molecule has 0 aromatic carbocycles. The van der Waals surface area contributed by atoms with Crippen LogP contribution in [-0.4, -0.2) is 34.5 Å². The summed E-state index contributed by atoms with van der Waals surface area (Å²) in [6, 6.07) is 0. The average molecular weight is 278 g/mol. The number of esters is 1. The molecule has 4 heteroatoms. The van der Waals surface area contributed by atoms with E-state index in [0.717, 1.165) is 0 Å². The van der Waals surface area contributed by atoms with E-state index >= 15 is 0 Å². The van der Waals surface area contributed by atoms with Crippen molar-refractivity contribution in [1.82, 2.24) is 0 Å². The molecule has 1 aliphatic carbocycles. The van der Waals surface area contributed by atoms with Crippen molar-refractivity contribution in [2.24, 2.45) is 17.3 Å². The van der Waals surface area contributed by atoms with Crippen LogP contribution >= 0.6 is 0 Å². The largest absolute Gasteiger partial charge is 0.462 e. The van der Waals surface area contributed by atoms with Gasteiger partial charge in [0.05, 0.1) is 12.5 Å². The number of hydrogen-bond acceptors (Lipinski definition) is 4. The number of ether oxygens (including phenoxy) is 1. The van der Waals surface area contributed by atoms with Crippen molar-refractivity contribution in [2.75, 3.05) is 0 Å². The number of carbonyl (C=O) groups excluding carboxylic acids is 1. The Bertz CT molecular complexity index is 463. The summed E-state index contributed by atoms with van der Waals surface area (Å²) < 4.78 is 5.16. The van der Waals surface area contributed by atoms with E-state index in [1.165, 1.54) is 0 Å². The molecule has 2 fully saturated rings. The molecular weight excluding hydrogens is 256 g/mol. The first kappa shape index (κ1) is 15.1. The Hall–Kier alpha value is -1.31. The molecule has 1 aliphatic heterocycles. The summed E-state index contributed by atoms with van der Waals surface area (Å²) in [5, 5.41) is 19.8. The molecule has 110 valence electrons. The van der Waals surface area contributed by atoms with Crippen molar-refractivity contribution in [3.8, 4) is 11.8 Å². The third kappa shape index (κ3) is 3.62. The van der Waals surface area contributed by atoms with Crippen molar-refractivity contribution in [3.63, 3.8) is 0 Å². The van der Waals surface area contributed by atoms with Gasteiger partial charge in [0.1, 0.15) is 12.2 Å². The molecule has 2 rings (SSSR count). The molecule has 4 nitrogen and oxygen atoms in total. The first-order valence-electron chi connectivity index (χ1n) is 7.03. The SMILES string of the molecule is CC(C)(C)C#C[C@H](O)C=C[C@@H]1[C@H]2CC(=O)O[C@H]2C[C@H]1O. The summed E-state index contributed by atoms with van der Waals surface area (Å²) in [6.07, 6.45) is 2.66. The van der Waals surface area contributed by atoms with E-state index in [-0.39, 0.29) is 29.3 Å². The molecular formula is C16H22O4. The fraction of sp³-hybridized carbons (Fsp3) is 0.688. The molecule has 20 heavy (non-hydrogen) atoms. The third-order valence-electron chi connectivity index (χ3n) is 3.69. The summed E-state index contributed by atoms with van der Waals surface area (Å²) in [6.45, 7) is 5.93. The molecule has 1 saturated carbocycles. The average Bonchev–Trinajstić information content (AvgIpc) is 2.78. The number of hydrogen-bond donors (Lipinski definition) is 2. The molecule has 0 amide bonds. The van der Waals surface area contributed by atoms with Gasteiger partial charge in [0, 0.05) is 23.7 Å². The lowest BCUT2D eigenvalue weighted by molar-refractivity contribution is -0.141. The number of fused-ring (bicyclic) bond motifs is 1. The number of rotatable bonds is 2. The zero-order valence-corrected chi connectivity index (χ0v) is 12.2. The monoisotopic (exact) mass is 278 g/mol. The maximum Gasteiger partial charge on any atom is 0.306 e. The molecule has 0 spiro atoms. The van der Waals surface area contributed by atoms with Gasteiger partial charge >= 0.3 is 5.97 Å². The van der Waals surface area contributed by atoms with Gasteiger partial charge in [0.25, 0.3) is 0 Å². The molecule has 0 radical (unpaired) electrons. The van der Waals surface area contributed by atoms with Crippen LogP contribution in [0.3, 0.4) is 0 Å². The standard InChI is InChI=1S/C16H22O4/c1-16(2,3)7-6-10(17)4-5-11-12-8-15(19)20-14(12)9-13(11)18/h4-5,10-14,17-18H,8-9H2,1-3H3/t10-,11-,12-,13-,14+/m1/s1. The molecule has 0 unspecified atom stereocenters. The number of aliphatic hydroxyl groups is 2. The van der Waals surface area contributed by atoms with E-state index in [0.29, 0.717) is 12.8 Å². The van der Waals surface area contributed by atoms with Crippen molar-refractivity contribution in [3.05, 3.63) is 12.2 Å². The third-order valence-corrected chi connectivity index (χ3v) is 3.69.